The molecule has 3 heterocycles. The minimum absolute atomic E-state index is 0.102. The fourth-order valence-electron chi connectivity index (χ4n) is 2.76. The van der Waals surface area contributed by atoms with E-state index < -0.39 is 18.3 Å². The van der Waals surface area contributed by atoms with Crippen molar-refractivity contribution < 1.29 is 18.8 Å². The smallest absolute Gasteiger partial charge is 0.445 e. The van der Waals surface area contributed by atoms with E-state index in [0.29, 0.717) is 13.1 Å². The van der Waals surface area contributed by atoms with Crippen LogP contribution in [0.1, 0.15) is 33.7 Å². The number of hydrogen-bond acceptors (Lipinski definition) is 5. The molecule has 2 aliphatic heterocycles. The van der Waals surface area contributed by atoms with Crippen molar-refractivity contribution in [3.05, 3.63) is 24.9 Å². The second kappa shape index (κ2) is 5.93. The zero-order valence-corrected chi connectivity index (χ0v) is 14.7. The van der Waals surface area contributed by atoms with Crippen molar-refractivity contribution in [3.63, 3.8) is 0 Å². The molecular formula is C16H24BN3O4. The topological polar surface area (TPSA) is 65.8 Å². The summed E-state index contributed by atoms with van der Waals surface area (Å²) in [5.41, 5.74) is 0.0811. The first-order valence-electron chi connectivity index (χ1n) is 8.17. The van der Waals surface area contributed by atoms with Crippen LogP contribution in [-0.4, -0.2) is 58.8 Å². The highest BCUT2D eigenvalue weighted by Crippen LogP contribution is 2.36. The summed E-state index contributed by atoms with van der Waals surface area (Å²) in [7, 11) is -0.459. The molecular weight excluding hydrogens is 309 g/mol. The van der Waals surface area contributed by atoms with E-state index in [2.05, 4.69) is 11.7 Å². The number of ether oxygens (including phenoxy) is 1. The number of carbonyl (C=O) groups excluding carboxylic acids is 1. The molecule has 1 aromatic heterocycles. The van der Waals surface area contributed by atoms with E-state index in [4.69, 9.17) is 14.0 Å². The lowest BCUT2D eigenvalue weighted by atomic mass is 9.84. The number of hydrogen-bond donors (Lipinski definition) is 0. The van der Waals surface area contributed by atoms with Gasteiger partial charge < -0.3 is 18.9 Å². The first kappa shape index (κ1) is 17.0. The Balaban J connectivity index is 1.66. The van der Waals surface area contributed by atoms with Crippen molar-refractivity contribution in [3.8, 4) is 0 Å². The van der Waals surface area contributed by atoms with Gasteiger partial charge >= 0.3 is 13.2 Å². The van der Waals surface area contributed by atoms with Gasteiger partial charge in [0.25, 0.3) is 0 Å². The minimum Gasteiger partial charge on any atom is -0.445 e. The second-order valence-electron chi connectivity index (χ2n) is 7.21. The number of amides is 1. The first-order chi connectivity index (χ1) is 11.2. The van der Waals surface area contributed by atoms with Crippen LogP contribution in [0.4, 0.5) is 4.79 Å². The second-order valence-corrected chi connectivity index (χ2v) is 7.21. The molecule has 0 radical (unpaired) electrons. The normalized spacial score (nSPS) is 22.3. The molecule has 24 heavy (non-hydrogen) atoms. The Labute approximate surface area is 142 Å². The van der Waals surface area contributed by atoms with Gasteiger partial charge in [-0.2, -0.15) is 5.10 Å². The molecule has 0 bridgehead atoms. The Morgan fingerprint density at radius 3 is 2.62 bits per heavy atom. The summed E-state index contributed by atoms with van der Waals surface area (Å²) < 4.78 is 19.1. The van der Waals surface area contributed by atoms with Gasteiger partial charge in [-0.15, -0.1) is 0 Å². The van der Waals surface area contributed by atoms with Gasteiger partial charge in [0.1, 0.15) is 6.61 Å². The average molecular weight is 333 g/mol. The van der Waals surface area contributed by atoms with E-state index in [9.17, 15) is 4.79 Å². The van der Waals surface area contributed by atoms with Gasteiger partial charge in [-0.1, -0.05) is 12.7 Å². The number of carbonyl (C=O) groups is 1. The molecule has 1 amide bonds. The molecule has 3 rings (SSSR count). The Bertz CT molecular complexity index is 621. The summed E-state index contributed by atoms with van der Waals surface area (Å²) in [4.78, 5) is 13.4. The van der Waals surface area contributed by atoms with Crippen molar-refractivity contribution in [2.75, 3.05) is 19.7 Å². The molecule has 0 aromatic carbocycles. The maximum atomic E-state index is 11.8. The third kappa shape index (κ3) is 2.84. The van der Waals surface area contributed by atoms with E-state index in [-0.39, 0.29) is 18.7 Å². The largest absolute Gasteiger partial charge is 0.514 e. The predicted molar refractivity (Wildman–Crippen MR) is 90.1 cm³/mol. The molecule has 2 aliphatic rings. The van der Waals surface area contributed by atoms with Gasteiger partial charge in [0.05, 0.1) is 22.8 Å². The molecule has 2 fully saturated rings. The lowest BCUT2D eigenvalue weighted by Gasteiger charge is -2.39. The zero-order chi connectivity index (χ0) is 17.5. The van der Waals surface area contributed by atoms with Crippen molar-refractivity contribution in [2.24, 2.45) is 0 Å². The summed E-state index contributed by atoms with van der Waals surface area (Å²) in [5.74, 6) is 0. The van der Waals surface area contributed by atoms with Gasteiger partial charge in [0.15, 0.2) is 0 Å². The van der Waals surface area contributed by atoms with Crippen LogP contribution >= 0.6 is 0 Å². The number of rotatable bonds is 4. The molecule has 2 saturated heterocycles. The summed E-state index contributed by atoms with van der Waals surface area (Å²) in [6.45, 7) is 13.0. The Kier molecular flexibility index (Phi) is 4.21. The van der Waals surface area contributed by atoms with Crippen LogP contribution in [0.25, 0.3) is 0 Å². The molecule has 7 nitrogen and oxygen atoms in total. The summed E-state index contributed by atoms with van der Waals surface area (Å²) >= 11 is 0. The summed E-state index contributed by atoms with van der Waals surface area (Å²) in [5, 5.41) is 4.40. The quantitative estimate of drug-likeness (QED) is 0.615. The molecule has 0 saturated carbocycles. The Hall–Kier alpha value is -1.80. The first-order valence-corrected chi connectivity index (χ1v) is 8.17. The van der Waals surface area contributed by atoms with Crippen molar-refractivity contribution >= 4 is 18.8 Å². The molecule has 0 spiro atoms. The SMILES string of the molecule is C=CCOC(=O)N1CC(n2nccc2B2OC(C)(C)C(C)(C)O2)C1. The fraction of sp³-hybridized carbons (Fsp3) is 0.625. The van der Waals surface area contributed by atoms with Crippen LogP contribution in [-0.2, 0) is 14.0 Å². The maximum Gasteiger partial charge on any atom is 0.514 e. The number of nitrogens with zero attached hydrogens (tertiary/aromatic N) is 3. The fourth-order valence-corrected chi connectivity index (χ4v) is 2.76. The van der Waals surface area contributed by atoms with Crippen molar-refractivity contribution in [1.82, 2.24) is 14.7 Å². The van der Waals surface area contributed by atoms with Gasteiger partial charge in [0, 0.05) is 19.3 Å². The van der Waals surface area contributed by atoms with Crippen LogP contribution in [0.2, 0.25) is 0 Å². The molecule has 130 valence electrons. The van der Waals surface area contributed by atoms with E-state index in [1.807, 2.05) is 38.4 Å². The average Bonchev–Trinajstić information content (AvgIpc) is 2.98. The van der Waals surface area contributed by atoms with Gasteiger partial charge in [-0.25, -0.2) is 4.79 Å². The van der Waals surface area contributed by atoms with Crippen LogP contribution in [0.5, 0.6) is 0 Å². The zero-order valence-electron chi connectivity index (χ0n) is 14.7. The van der Waals surface area contributed by atoms with E-state index in [0.717, 1.165) is 5.59 Å². The van der Waals surface area contributed by atoms with E-state index in [1.165, 1.54) is 0 Å². The molecule has 1 aromatic rings. The monoisotopic (exact) mass is 333 g/mol. The highest BCUT2D eigenvalue weighted by Gasteiger charge is 2.53. The summed E-state index contributed by atoms with van der Waals surface area (Å²) in [6, 6.07) is 2.01. The molecule has 0 atom stereocenters. The van der Waals surface area contributed by atoms with Crippen molar-refractivity contribution in [1.29, 1.82) is 0 Å². The minimum atomic E-state index is -0.459. The Morgan fingerprint density at radius 2 is 2.04 bits per heavy atom. The standard InChI is InChI=1S/C16H24BN3O4/c1-6-9-22-14(21)19-10-12(11-19)20-13(7-8-18-20)17-23-15(2,3)16(4,5)24-17/h6-8,12H,1,9-11H2,2-5H3. The Morgan fingerprint density at radius 1 is 1.42 bits per heavy atom. The van der Waals surface area contributed by atoms with Crippen LogP contribution < -0.4 is 5.59 Å². The molecule has 0 unspecified atom stereocenters. The third-order valence-electron chi connectivity index (χ3n) is 4.99. The highest BCUT2D eigenvalue weighted by atomic mass is 16.7. The van der Waals surface area contributed by atoms with E-state index >= 15 is 0 Å². The molecule has 0 N–H and O–H groups in total. The van der Waals surface area contributed by atoms with Crippen LogP contribution in [0, 0.1) is 0 Å². The molecule has 0 aliphatic carbocycles. The van der Waals surface area contributed by atoms with Gasteiger partial charge in [0.2, 0.25) is 0 Å². The summed E-state index contributed by atoms with van der Waals surface area (Å²) in [6.07, 6.45) is 2.97. The lowest BCUT2D eigenvalue weighted by molar-refractivity contribution is 0.00578. The van der Waals surface area contributed by atoms with Crippen molar-refractivity contribution in [2.45, 2.75) is 44.9 Å². The third-order valence-corrected chi connectivity index (χ3v) is 4.99. The number of likely N-dealkylation sites (tertiary alicyclic amines) is 1. The van der Waals surface area contributed by atoms with E-state index in [1.54, 1.807) is 17.2 Å². The van der Waals surface area contributed by atoms with Gasteiger partial charge in [-0.05, 0) is 33.8 Å². The highest BCUT2D eigenvalue weighted by molar-refractivity contribution is 6.61. The van der Waals surface area contributed by atoms with Crippen LogP contribution in [0.15, 0.2) is 24.9 Å². The molecule has 8 heteroatoms. The predicted octanol–water partition coefficient (Wildman–Crippen LogP) is 1.36. The van der Waals surface area contributed by atoms with Gasteiger partial charge in [-0.3, -0.25) is 4.68 Å². The lowest BCUT2D eigenvalue weighted by Crippen LogP contribution is -2.54. The van der Waals surface area contributed by atoms with Crippen LogP contribution in [0.3, 0.4) is 0 Å². The number of aromatic nitrogens is 2. The maximum absolute atomic E-state index is 11.8.